The second kappa shape index (κ2) is 6.08. The third-order valence-electron chi connectivity index (χ3n) is 4.29. The molecule has 0 unspecified atom stereocenters. The largest absolute Gasteiger partial charge is 0.478 e. The molecule has 0 saturated heterocycles. The molecule has 4 heteroatoms. The van der Waals surface area contributed by atoms with E-state index >= 15 is 0 Å². The summed E-state index contributed by atoms with van der Waals surface area (Å²) in [5.41, 5.74) is 1.53. The Hall–Kier alpha value is -1.16. The van der Waals surface area contributed by atoms with E-state index < -0.39 is 5.97 Å². The summed E-state index contributed by atoms with van der Waals surface area (Å²) in [4.78, 5) is 12.4. The zero-order chi connectivity index (χ0) is 14.8. The van der Waals surface area contributed by atoms with Gasteiger partial charge < -0.3 is 10.4 Å². The van der Waals surface area contributed by atoms with Crippen molar-refractivity contribution in [2.24, 2.45) is 11.3 Å². The van der Waals surface area contributed by atoms with Crippen LogP contribution in [-0.4, -0.2) is 23.4 Å². The van der Waals surface area contributed by atoms with E-state index in [0.29, 0.717) is 16.9 Å². The van der Waals surface area contributed by atoms with Gasteiger partial charge >= 0.3 is 5.97 Å². The summed E-state index contributed by atoms with van der Waals surface area (Å²) in [6.45, 7) is 7.39. The summed E-state index contributed by atoms with van der Waals surface area (Å²) in [6.07, 6.45) is 2.48. The van der Waals surface area contributed by atoms with E-state index in [0.717, 1.165) is 22.9 Å². The number of carbonyl (C=O) groups is 1. The molecule has 0 aromatic heterocycles. The predicted octanol–water partition coefficient (Wildman–Crippen LogP) is 4.34. The highest BCUT2D eigenvalue weighted by molar-refractivity contribution is 7.99. The van der Waals surface area contributed by atoms with Gasteiger partial charge in [0.25, 0.3) is 0 Å². The van der Waals surface area contributed by atoms with Crippen molar-refractivity contribution in [3.8, 4) is 0 Å². The first-order valence-electron chi connectivity index (χ1n) is 7.23. The first kappa shape index (κ1) is 15.2. The van der Waals surface area contributed by atoms with Gasteiger partial charge in [-0.25, -0.2) is 4.79 Å². The van der Waals surface area contributed by atoms with Crippen LogP contribution in [0.5, 0.6) is 0 Å². The minimum atomic E-state index is -0.849. The van der Waals surface area contributed by atoms with Crippen molar-refractivity contribution in [3.63, 3.8) is 0 Å². The lowest BCUT2D eigenvalue weighted by atomic mass is 9.92. The second-order valence-electron chi connectivity index (χ2n) is 5.79. The summed E-state index contributed by atoms with van der Waals surface area (Å²) >= 11 is 1.58. The average molecular weight is 293 g/mol. The highest BCUT2D eigenvalue weighted by Gasteiger charge is 2.45. The zero-order valence-electron chi connectivity index (χ0n) is 12.4. The monoisotopic (exact) mass is 293 g/mol. The Bertz CT molecular complexity index is 495. The van der Waals surface area contributed by atoms with Gasteiger partial charge in [0.15, 0.2) is 0 Å². The maximum absolute atomic E-state index is 11.5. The number of aromatic carboxylic acids is 1. The molecule has 1 fully saturated rings. The molecule has 1 aromatic carbocycles. The molecule has 0 radical (unpaired) electrons. The number of carboxylic acid groups (broad SMARTS) is 1. The third-order valence-corrected chi connectivity index (χ3v) is 5.23. The maximum Gasteiger partial charge on any atom is 0.338 e. The summed E-state index contributed by atoms with van der Waals surface area (Å²) < 4.78 is 0. The Morgan fingerprint density at radius 3 is 2.65 bits per heavy atom. The van der Waals surface area contributed by atoms with E-state index in [-0.39, 0.29) is 0 Å². The van der Waals surface area contributed by atoms with Crippen LogP contribution in [0.2, 0.25) is 0 Å². The molecule has 1 saturated carbocycles. The molecular formula is C16H23NO2S. The number of nitrogens with one attached hydrogen (secondary N) is 1. The fourth-order valence-electron chi connectivity index (χ4n) is 2.56. The molecule has 0 bridgehead atoms. The predicted molar refractivity (Wildman–Crippen MR) is 84.8 cm³/mol. The van der Waals surface area contributed by atoms with Crippen LogP contribution in [0.25, 0.3) is 0 Å². The van der Waals surface area contributed by atoms with E-state index in [4.69, 9.17) is 0 Å². The van der Waals surface area contributed by atoms with Crippen LogP contribution < -0.4 is 5.32 Å². The molecule has 1 aromatic rings. The Kier molecular flexibility index (Phi) is 4.63. The molecule has 20 heavy (non-hydrogen) atoms. The van der Waals surface area contributed by atoms with Gasteiger partial charge in [-0.15, -0.1) is 11.8 Å². The summed E-state index contributed by atoms with van der Waals surface area (Å²) in [5.74, 6) is 0.662. The first-order valence-corrected chi connectivity index (χ1v) is 8.21. The zero-order valence-corrected chi connectivity index (χ0v) is 13.2. The van der Waals surface area contributed by atoms with E-state index in [1.54, 1.807) is 11.8 Å². The highest BCUT2D eigenvalue weighted by Crippen LogP contribution is 2.51. The van der Waals surface area contributed by atoms with E-state index in [1.807, 2.05) is 25.1 Å². The van der Waals surface area contributed by atoms with Gasteiger partial charge in [0.2, 0.25) is 0 Å². The lowest BCUT2D eigenvalue weighted by Crippen LogP contribution is -2.22. The molecule has 2 rings (SSSR count). The first-order chi connectivity index (χ1) is 9.50. The van der Waals surface area contributed by atoms with Crippen molar-refractivity contribution < 1.29 is 9.90 Å². The molecule has 0 atom stereocenters. The Morgan fingerprint density at radius 2 is 2.15 bits per heavy atom. The number of benzene rings is 1. The Labute approximate surface area is 125 Å². The summed E-state index contributed by atoms with van der Waals surface area (Å²) in [7, 11) is 0. The molecule has 0 aliphatic heterocycles. The van der Waals surface area contributed by atoms with Crippen molar-refractivity contribution in [3.05, 3.63) is 23.8 Å². The summed E-state index contributed by atoms with van der Waals surface area (Å²) in [5, 5.41) is 12.9. The fourth-order valence-corrected chi connectivity index (χ4v) is 3.39. The van der Waals surface area contributed by atoms with Crippen LogP contribution in [-0.2, 0) is 0 Å². The van der Waals surface area contributed by atoms with Crippen LogP contribution in [0.4, 0.5) is 5.69 Å². The van der Waals surface area contributed by atoms with Gasteiger partial charge in [0, 0.05) is 17.1 Å². The molecule has 0 heterocycles. The topological polar surface area (TPSA) is 49.3 Å². The molecule has 0 spiro atoms. The summed E-state index contributed by atoms with van der Waals surface area (Å²) in [6, 6.07) is 5.69. The van der Waals surface area contributed by atoms with Gasteiger partial charge in [-0.1, -0.05) is 26.8 Å². The van der Waals surface area contributed by atoms with Gasteiger partial charge in [0.05, 0.1) is 5.56 Å². The van der Waals surface area contributed by atoms with Crippen molar-refractivity contribution >= 4 is 23.4 Å². The van der Waals surface area contributed by atoms with Crippen molar-refractivity contribution in [2.45, 2.75) is 38.5 Å². The third kappa shape index (κ3) is 3.11. The van der Waals surface area contributed by atoms with E-state index in [2.05, 4.69) is 19.2 Å². The number of hydrogen-bond acceptors (Lipinski definition) is 3. The molecule has 2 N–H and O–H groups in total. The van der Waals surface area contributed by atoms with Gasteiger partial charge in [0.1, 0.15) is 0 Å². The highest BCUT2D eigenvalue weighted by atomic mass is 32.2. The fraction of sp³-hybridized carbons (Fsp3) is 0.562. The number of thioether (sulfide) groups is 1. The van der Waals surface area contributed by atoms with Crippen LogP contribution in [0.15, 0.2) is 23.1 Å². The van der Waals surface area contributed by atoms with Crippen LogP contribution in [0, 0.1) is 11.3 Å². The molecule has 1 aliphatic rings. The lowest BCUT2D eigenvalue weighted by molar-refractivity contribution is 0.0694. The SMILES string of the molecule is CCSc1cccc(NCC2(C(C)C)CC2)c1C(=O)O. The minimum Gasteiger partial charge on any atom is -0.478 e. The Morgan fingerprint density at radius 1 is 1.45 bits per heavy atom. The van der Waals surface area contributed by atoms with E-state index in [1.165, 1.54) is 12.8 Å². The molecule has 0 amide bonds. The molecule has 1 aliphatic carbocycles. The van der Waals surface area contributed by atoms with Crippen molar-refractivity contribution in [1.29, 1.82) is 0 Å². The van der Waals surface area contributed by atoms with E-state index in [9.17, 15) is 9.90 Å². The van der Waals surface area contributed by atoms with Crippen LogP contribution >= 0.6 is 11.8 Å². The maximum atomic E-state index is 11.5. The number of anilines is 1. The minimum absolute atomic E-state index is 0.365. The van der Waals surface area contributed by atoms with Crippen molar-refractivity contribution in [2.75, 3.05) is 17.6 Å². The van der Waals surface area contributed by atoms with Gasteiger partial charge in [-0.3, -0.25) is 0 Å². The van der Waals surface area contributed by atoms with Crippen LogP contribution in [0.3, 0.4) is 0 Å². The molecule has 110 valence electrons. The number of carboxylic acids is 1. The Balaban J connectivity index is 2.19. The molecular weight excluding hydrogens is 270 g/mol. The number of hydrogen-bond donors (Lipinski definition) is 2. The van der Waals surface area contributed by atoms with Gasteiger partial charge in [-0.2, -0.15) is 0 Å². The smallest absolute Gasteiger partial charge is 0.338 e. The lowest BCUT2D eigenvalue weighted by Gasteiger charge is -2.22. The second-order valence-corrected chi connectivity index (χ2v) is 7.09. The standard InChI is InChI=1S/C16H23NO2S/c1-4-20-13-7-5-6-12(14(13)15(18)19)17-10-16(8-9-16)11(2)3/h5-7,11,17H,4,8-10H2,1-3H3,(H,18,19). The molecule has 3 nitrogen and oxygen atoms in total. The quantitative estimate of drug-likeness (QED) is 0.734. The van der Waals surface area contributed by atoms with Crippen molar-refractivity contribution in [1.82, 2.24) is 0 Å². The number of rotatable bonds is 7. The average Bonchev–Trinajstić information content (AvgIpc) is 3.17. The van der Waals surface area contributed by atoms with Gasteiger partial charge in [-0.05, 0) is 42.1 Å². The van der Waals surface area contributed by atoms with Crippen LogP contribution in [0.1, 0.15) is 44.0 Å². The normalized spacial score (nSPS) is 16.2.